The number of nitrogens with zero attached hydrogens (tertiary/aromatic N) is 5. The largest absolute Gasteiger partial charge is 0.356 e. The number of hydrogen-bond donors (Lipinski definition) is 2. The Balaban J connectivity index is 0.00000243. The van der Waals surface area contributed by atoms with Crippen LogP contribution in [0.25, 0.3) is 0 Å². The SMILES string of the molecule is CN=C(NCCCN1CCC(C)CC1)NCc1nnc2n1CCCC2.I. The summed E-state index contributed by atoms with van der Waals surface area (Å²) in [5.41, 5.74) is 0. The molecule has 0 aromatic carbocycles. The molecule has 1 saturated heterocycles. The van der Waals surface area contributed by atoms with Crippen molar-refractivity contribution < 1.29 is 0 Å². The van der Waals surface area contributed by atoms with E-state index in [2.05, 4.69) is 42.2 Å². The highest BCUT2D eigenvalue weighted by Crippen LogP contribution is 2.16. The Morgan fingerprint density at radius 1 is 1.15 bits per heavy atom. The summed E-state index contributed by atoms with van der Waals surface area (Å²) in [5, 5.41) is 15.4. The molecule has 2 N–H and O–H groups in total. The average Bonchev–Trinajstić information content (AvgIpc) is 3.06. The van der Waals surface area contributed by atoms with E-state index in [0.717, 1.165) is 49.5 Å². The smallest absolute Gasteiger partial charge is 0.191 e. The molecule has 0 radical (unpaired) electrons. The topological polar surface area (TPSA) is 70.4 Å². The van der Waals surface area contributed by atoms with E-state index in [1.807, 2.05) is 7.05 Å². The fraction of sp³-hybridized carbons (Fsp3) is 0.833. The van der Waals surface area contributed by atoms with Crippen molar-refractivity contribution in [3.63, 3.8) is 0 Å². The van der Waals surface area contributed by atoms with Gasteiger partial charge in [-0.3, -0.25) is 4.99 Å². The number of piperidine rings is 1. The minimum absolute atomic E-state index is 0. The molecule has 1 fully saturated rings. The number of aliphatic imine (C=N–C) groups is 1. The van der Waals surface area contributed by atoms with E-state index in [4.69, 9.17) is 0 Å². The van der Waals surface area contributed by atoms with E-state index in [0.29, 0.717) is 6.54 Å². The lowest BCUT2D eigenvalue weighted by Gasteiger charge is -2.30. The van der Waals surface area contributed by atoms with Gasteiger partial charge in [0.15, 0.2) is 11.8 Å². The van der Waals surface area contributed by atoms with Gasteiger partial charge in [0.05, 0.1) is 6.54 Å². The number of nitrogens with one attached hydrogen (secondary N) is 2. The first kappa shape index (κ1) is 21.4. The van der Waals surface area contributed by atoms with Gasteiger partial charge in [-0.2, -0.15) is 0 Å². The number of halogens is 1. The van der Waals surface area contributed by atoms with Gasteiger partial charge in [0, 0.05) is 26.6 Å². The number of rotatable bonds is 6. The van der Waals surface area contributed by atoms with Crippen LogP contribution in [0.2, 0.25) is 0 Å². The minimum Gasteiger partial charge on any atom is -0.356 e. The summed E-state index contributed by atoms with van der Waals surface area (Å²) in [6.07, 6.45) is 7.34. The lowest BCUT2D eigenvalue weighted by Crippen LogP contribution is -2.39. The van der Waals surface area contributed by atoms with E-state index in [1.165, 1.54) is 45.3 Å². The molecule has 0 bridgehead atoms. The van der Waals surface area contributed by atoms with E-state index in [9.17, 15) is 0 Å². The highest BCUT2D eigenvalue weighted by Gasteiger charge is 2.16. The fourth-order valence-electron chi connectivity index (χ4n) is 3.68. The van der Waals surface area contributed by atoms with Gasteiger partial charge in [-0.25, -0.2) is 0 Å². The van der Waals surface area contributed by atoms with Crippen molar-refractivity contribution in [1.29, 1.82) is 0 Å². The molecule has 8 heteroatoms. The molecular weight excluding hydrogens is 441 g/mol. The fourth-order valence-corrected chi connectivity index (χ4v) is 3.68. The number of aryl methyl sites for hydroxylation is 1. The van der Waals surface area contributed by atoms with Crippen LogP contribution in [0, 0.1) is 5.92 Å². The van der Waals surface area contributed by atoms with Crippen molar-refractivity contribution in [3.8, 4) is 0 Å². The molecule has 1 aromatic heterocycles. The van der Waals surface area contributed by atoms with Gasteiger partial charge >= 0.3 is 0 Å². The molecule has 0 atom stereocenters. The number of likely N-dealkylation sites (tertiary alicyclic amines) is 1. The molecule has 2 aliphatic rings. The van der Waals surface area contributed by atoms with Gasteiger partial charge in [-0.05, 0) is 57.7 Å². The summed E-state index contributed by atoms with van der Waals surface area (Å²) >= 11 is 0. The molecular formula is C18H34IN7. The summed E-state index contributed by atoms with van der Waals surface area (Å²) in [6, 6.07) is 0. The molecule has 148 valence electrons. The highest BCUT2D eigenvalue weighted by molar-refractivity contribution is 14.0. The Labute approximate surface area is 174 Å². The molecule has 7 nitrogen and oxygen atoms in total. The zero-order valence-corrected chi connectivity index (χ0v) is 18.5. The van der Waals surface area contributed by atoms with Gasteiger partial charge in [0.2, 0.25) is 0 Å². The van der Waals surface area contributed by atoms with Crippen LogP contribution in [-0.2, 0) is 19.5 Å². The maximum atomic E-state index is 4.33. The first-order valence-electron chi connectivity index (χ1n) is 9.84. The molecule has 3 heterocycles. The Hall–Kier alpha value is -0.900. The quantitative estimate of drug-likeness (QED) is 0.285. The van der Waals surface area contributed by atoms with Crippen molar-refractivity contribution in [2.24, 2.45) is 10.9 Å². The number of fused-ring (bicyclic) bond motifs is 1. The lowest BCUT2D eigenvalue weighted by molar-refractivity contribution is 0.191. The summed E-state index contributed by atoms with van der Waals surface area (Å²) in [5.74, 6) is 3.89. The van der Waals surface area contributed by atoms with Crippen molar-refractivity contribution in [2.75, 3.05) is 33.2 Å². The molecule has 0 amide bonds. The van der Waals surface area contributed by atoms with Gasteiger partial charge in [0.1, 0.15) is 5.82 Å². The molecule has 26 heavy (non-hydrogen) atoms. The van der Waals surface area contributed by atoms with Gasteiger partial charge < -0.3 is 20.1 Å². The van der Waals surface area contributed by atoms with Crippen molar-refractivity contribution in [1.82, 2.24) is 30.3 Å². The predicted molar refractivity (Wildman–Crippen MR) is 116 cm³/mol. The average molecular weight is 475 g/mol. The monoisotopic (exact) mass is 475 g/mol. The van der Waals surface area contributed by atoms with Crippen LogP contribution in [0.15, 0.2) is 4.99 Å². The van der Waals surface area contributed by atoms with Gasteiger partial charge in [-0.1, -0.05) is 6.92 Å². The Morgan fingerprint density at radius 3 is 2.73 bits per heavy atom. The number of guanidine groups is 1. The minimum atomic E-state index is 0. The molecule has 0 aliphatic carbocycles. The standard InChI is InChI=1S/C18H33N7.HI/c1-15-7-12-24(13-8-15)10-5-9-20-18(19-2)21-14-17-23-22-16-6-3-4-11-25(16)17;/h15H,3-14H2,1-2H3,(H2,19,20,21);1H. The van der Waals surface area contributed by atoms with Crippen molar-refractivity contribution in [3.05, 3.63) is 11.6 Å². The summed E-state index contributed by atoms with van der Waals surface area (Å²) < 4.78 is 2.25. The molecule has 0 unspecified atom stereocenters. The van der Waals surface area contributed by atoms with Crippen LogP contribution >= 0.6 is 24.0 Å². The summed E-state index contributed by atoms with van der Waals surface area (Å²) in [7, 11) is 1.82. The van der Waals surface area contributed by atoms with Crippen LogP contribution in [0.5, 0.6) is 0 Å². The molecule has 0 saturated carbocycles. The summed E-state index contributed by atoms with van der Waals surface area (Å²) in [4.78, 5) is 6.90. The second-order valence-corrected chi connectivity index (χ2v) is 7.37. The molecule has 1 aromatic rings. The van der Waals surface area contributed by atoms with Crippen LogP contribution in [-0.4, -0.2) is 58.9 Å². The first-order valence-corrected chi connectivity index (χ1v) is 9.84. The third-order valence-corrected chi connectivity index (χ3v) is 5.39. The Kier molecular flexibility index (Phi) is 9.10. The predicted octanol–water partition coefficient (Wildman–Crippen LogP) is 2.02. The maximum absolute atomic E-state index is 4.33. The van der Waals surface area contributed by atoms with Crippen molar-refractivity contribution in [2.45, 2.75) is 58.5 Å². The van der Waals surface area contributed by atoms with Crippen molar-refractivity contribution >= 4 is 29.9 Å². The third-order valence-electron chi connectivity index (χ3n) is 5.39. The number of hydrogen-bond acceptors (Lipinski definition) is 4. The molecule has 0 spiro atoms. The third kappa shape index (κ3) is 6.07. The van der Waals surface area contributed by atoms with Crippen LogP contribution < -0.4 is 10.6 Å². The maximum Gasteiger partial charge on any atom is 0.191 e. The van der Waals surface area contributed by atoms with E-state index in [1.54, 1.807) is 0 Å². The van der Waals surface area contributed by atoms with Crippen LogP contribution in [0.3, 0.4) is 0 Å². The second kappa shape index (κ2) is 11.1. The molecule has 2 aliphatic heterocycles. The summed E-state index contributed by atoms with van der Waals surface area (Å²) in [6.45, 7) is 8.72. The molecule has 3 rings (SSSR count). The Bertz CT molecular complexity index is 564. The van der Waals surface area contributed by atoms with E-state index in [-0.39, 0.29) is 24.0 Å². The first-order chi connectivity index (χ1) is 12.3. The van der Waals surface area contributed by atoms with E-state index >= 15 is 0 Å². The second-order valence-electron chi connectivity index (χ2n) is 7.37. The lowest BCUT2D eigenvalue weighted by atomic mass is 9.99. The normalized spacial score (nSPS) is 18.9. The highest BCUT2D eigenvalue weighted by atomic mass is 127. The van der Waals surface area contributed by atoms with Crippen LogP contribution in [0.4, 0.5) is 0 Å². The van der Waals surface area contributed by atoms with Gasteiger partial charge in [-0.15, -0.1) is 34.2 Å². The zero-order valence-electron chi connectivity index (χ0n) is 16.2. The Morgan fingerprint density at radius 2 is 1.96 bits per heavy atom. The van der Waals surface area contributed by atoms with Crippen LogP contribution in [0.1, 0.15) is 50.7 Å². The van der Waals surface area contributed by atoms with Gasteiger partial charge in [0.25, 0.3) is 0 Å². The zero-order chi connectivity index (χ0) is 17.5. The van der Waals surface area contributed by atoms with E-state index < -0.39 is 0 Å². The number of aromatic nitrogens is 3.